The zero-order valence-electron chi connectivity index (χ0n) is 4.36. The van der Waals surface area contributed by atoms with Crippen LogP contribution in [0.4, 0.5) is 0 Å². The Morgan fingerprint density at radius 1 is 1.57 bits per heavy atom. The van der Waals surface area contributed by atoms with Crippen molar-refractivity contribution in [1.82, 2.24) is 5.32 Å². The molecular weight excluding hydrogens is 86.1 g/mol. The highest BCUT2D eigenvalue weighted by molar-refractivity contribution is 4.77. The molecule has 0 saturated carbocycles. The molecule has 0 amide bonds. The number of likely N-dealkylation sites (N-methyl/N-ethyl adjacent to an activating group) is 1. The predicted molar refractivity (Wildman–Crippen MR) is 35.5 cm³/mol. The molecule has 0 aliphatic carbocycles. The van der Waals surface area contributed by atoms with Gasteiger partial charge >= 0.3 is 0 Å². The third-order valence-electron chi connectivity index (χ3n) is 0.558. The van der Waals surface area contributed by atoms with E-state index in [2.05, 4.69) is 11.4 Å². The van der Waals surface area contributed by atoms with Crippen molar-refractivity contribution in [3.05, 3.63) is 12.2 Å². The van der Waals surface area contributed by atoms with E-state index in [1.165, 1.54) is 0 Å². The highest BCUT2D eigenvalue weighted by Gasteiger charge is 1.61. The number of allylic oxidation sites excluding steroid dienone is 1. The second-order valence-corrected chi connectivity index (χ2v) is 1.13. The summed E-state index contributed by atoms with van der Waals surface area (Å²) < 4.78 is 0. The topological polar surface area (TPSA) is 12.0 Å². The van der Waals surface area contributed by atoms with Gasteiger partial charge in [-0.3, -0.25) is 0 Å². The van der Waals surface area contributed by atoms with Crippen molar-refractivity contribution >= 4 is 0 Å². The summed E-state index contributed by atoms with van der Waals surface area (Å²) in [6.45, 7) is 2.99. The predicted octanol–water partition coefficient (Wildman–Crippen LogP) is 1.42. The Kier molecular flexibility index (Phi) is 12.9. The molecule has 0 bridgehead atoms. The molecule has 0 saturated heterocycles. The van der Waals surface area contributed by atoms with Crippen LogP contribution in [0.2, 0.25) is 0 Å². The first-order valence-electron chi connectivity index (χ1n) is 2.17. The average molecular weight is 101 g/mol. The molecule has 1 N–H and O–H groups in total. The summed E-state index contributed by atoms with van der Waals surface area (Å²) in [5.74, 6) is 0. The van der Waals surface area contributed by atoms with Crippen molar-refractivity contribution in [2.45, 2.75) is 14.4 Å². The van der Waals surface area contributed by atoms with Crippen LogP contribution in [-0.4, -0.2) is 13.6 Å². The molecular formula is C6H15N. The van der Waals surface area contributed by atoms with Crippen LogP contribution in [0.15, 0.2) is 12.2 Å². The highest BCUT2D eigenvalue weighted by Crippen LogP contribution is 1.61. The normalized spacial score (nSPS) is 8.86. The summed E-state index contributed by atoms with van der Waals surface area (Å²) in [7, 11) is 1.93. The number of hydrogen-bond donors (Lipinski definition) is 1. The molecule has 0 atom stereocenters. The van der Waals surface area contributed by atoms with E-state index in [1.807, 2.05) is 20.0 Å². The van der Waals surface area contributed by atoms with Crippen molar-refractivity contribution in [2.75, 3.05) is 13.6 Å². The summed E-state index contributed by atoms with van der Waals surface area (Å²) in [4.78, 5) is 0. The Bertz CT molecular complexity index is 39.4. The SMILES string of the molecule is C.CC=CCNC. The first-order valence-corrected chi connectivity index (χ1v) is 2.17. The number of nitrogens with one attached hydrogen (secondary N) is 1. The molecule has 0 aromatic rings. The van der Waals surface area contributed by atoms with Crippen molar-refractivity contribution in [2.24, 2.45) is 0 Å². The first kappa shape index (κ1) is 9.85. The maximum absolute atomic E-state index is 2.98. The molecule has 0 radical (unpaired) electrons. The van der Waals surface area contributed by atoms with Crippen molar-refractivity contribution in [3.63, 3.8) is 0 Å². The van der Waals surface area contributed by atoms with Crippen molar-refractivity contribution < 1.29 is 0 Å². The van der Waals surface area contributed by atoms with Crippen LogP contribution >= 0.6 is 0 Å². The van der Waals surface area contributed by atoms with Crippen LogP contribution in [0.5, 0.6) is 0 Å². The van der Waals surface area contributed by atoms with Gasteiger partial charge in [0.1, 0.15) is 0 Å². The minimum absolute atomic E-state index is 0. The molecule has 1 heteroatoms. The van der Waals surface area contributed by atoms with Gasteiger partial charge in [-0.1, -0.05) is 19.6 Å². The zero-order valence-corrected chi connectivity index (χ0v) is 4.36. The van der Waals surface area contributed by atoms with Gasteiger partial charge in [-0.05, 0) is 14.0 Å². The Hall–Kier alpha value is -0.300. The van der Waals surface area contributed by atoms with Gasteiger partial charge in [-0.15, -0.1) is 0 Å². The fraction of sp³-hybridized carbons (Fsp3) is 0.667. The van der Waals surface area contributed by atoms with Crippen LogP contribution < -0.4 is 5.32 Å². The molecule has 0 heterocycles. The second-order valence-electron chi connectivity index (χ2n) is 1.13. The lowest BCUT2D eigenvalue weighted by atomic mass is 10.5. The van der Waals surface area contributed by atoms with E-state index in [4.69, 9.17) is 0 Å². The first-order chi connectivity index (χ1) is 2.91. The molecule has 1 nitrogen and oxygen atoms in total. The quantitative estimate of drug-likeness (QED) is 0.519. The fourth-order valence-electron chi connectivity index (χ4n) is 0.236. The molecule has 44 valence electrons. The fourth-order valence-corrected chi connectivity index (χ4v) is 0.236. The average Bonchev–Trinajstić information content (AvgIpc) is 1.61. The van der Waals surface area contributed by atoms with Crippen LogP contribution in [0.25, 0.3) is 0 Å². The number of rotatable bonds is 2. The molecule has 0 aromatic heterocycles. The summed E-state index contributed by atoms with van der Waals surface area (Å²) in [5, 5.41) is 2.98. The summed E-state index contributed by atoms with van der Waals surface area (Å²) in [5.41, 5.74) is 0. The molecule has 0 aliphatic heterocycles. The van der Waals surface area contributed by atoms with Crippen LogP contribution in [0.1, 0.15) is 14.4 Å². The van der Waals surface area contributed by atoms with Gasteiger partial charge in [-0.2, -0.15) is 0 Å². The second kappa shape index (κ2) is 9.20. The third-order valence-corrected chi connectivity index (χ3v) is 0.558. The maximum Gasteiger partial charge on any atom is 0.0131 e. The van der Waals surface area contributed by atoms with E-state index in [1.54, 1.807) is 0 Å². The molecule has 0 aromatic carbocycles. The lowest BCUT2D eigenvalue weighted by Gasteiger charge is -1.81. The minimum Gasteiger partial charge on any atom is -0.316 e. The van der Waals surface area contributed by atoms with E-state index in [0.29, 0.717) is 0 Å². The Morgan fingerprint density at radius 3 is 2.29 bits per heavy atom. The van der Waals surface area contributed by atoms with Gasteiger partial charge in [0.05, 0.1) is 0 Å². The van der Waals surface area contributed by atoms with Crippen molar-refractivity contribution in [1.29, 1.82) is 0 Å². The van der Waals surface area contributed by atoms with Gasteiger partial charge in [0.15, 0.2) is 0 Å². The molecule has 7 heavy (non-hydrogen) atoms. The monoisotopic (exact) mass is 101 g/mol. The summed E-state index contributed by atoms with van der Waals surface area (Å²) in [6, 6.07) is 0. The summed E-state index contributed by atoms with van der Waals surface area (Å²) in [6.07, 6.45) is 4.09. The maximum atomic E-state index is 2.98. The largest absolute Gasteiger partial charge is 0.316 e. The number of hydrogen-bond acceptors (Lipinski definition) is 1. The van der Waals surface area contributed by atoms with E-state index < -0.39 is 0 Å². The van der Waals surface area contributed by atoms with E-state index in [-0.39, 0.29) is 7.43 Å². The van der Waals surface area contributed by atoms with Gasteiger partial charge in [0, 0.05) is 6.54 Å². The van der Waals surface area contributed by atoms with Gasteiger partial charge < -0.3 is 5.32 Å². The standard InChI is InChI=1S/C5H11N.CH4/c1-3-4-5-6-2;/h3-4,6H,5H2,1-2H3;1H4. The van der Waals surface area contributed by atoms with Gasteiger partial charge in [0.2, 0.25) is 0 Å². The van der Waals surface area contributed by atoms with Gasteiger partial charge in [-0.25, -0.2) is 0 Å². The third kappa shape index (κ3) is 10.7. The van der Waals surface area contributed by atoms with Crippen LogP contribution in [0, 0.1) is 0 Å². The molecule has 0 rings (SSSR count). The lowest BCUT2D eigenvalue weighted by Crippen LogP contribution is -2.03. The molecule has 0 spiro atoms. The Labute approximate surface area is 46.4 Å². The van der Waals surface area contributed by atoms with Crippen LogP contribution in [0.3, 0.4) is 0 Å². The Morgan fingerprint density at radius 2 is 2.14 bits per heavy atom. The molecule has 0 aliphatic rings. The summed E-state index contributed by atoms with van der Waals surface area (Å²) >= 11 is 0. The van der Waals surface area contributed by atoms with Crippen LogP contribution in [-0.2, 0) is 0 Å². The molecule has 0 unspecified atom stereocenters. The smallest absolute Gasteiger partial charge is 0.0131 e. The Balaban J connectivity index is 0. The lowest BCUT2D eigenvalue weighted by molar-refractivity contribution is 0.918. The van der Waals surface area contributed by atoms with E-state index in [9.17, 15) is 0 Å². The van der Waals surface area contributed by atoms with E-state index >= 15 is 0 Å². The van der Waals surface area contributed by atoms with Crippen molar-refractivity contribution in [3.8, 4) is 0 Å². The minimum atomic E-state index is 0. The highest BCUT2D eigenvalue weighted by atomic mass is 14.8. The zero-order chi connectivity index (χ0) is 4.83. The van der Waals surface area contributed by atoms with Gasteiger partial charge in [0.25, 0.3) is 0 Å². The molecule has 0 fully saturated rings. The van der Waals surface area contributed by atoms with E-state index in [0.717, 1.165) is 6.54 Å².